The van der Waals surface area contributed by atoms with E-state index < -0.39 is 0 Å². The number of carbonyl (C=O) groups is 1. The molecule has 1 N–H and O–H groups in total. The van der Waals surface area contributed by atoms with Gasteiger partial charge in [-0.2, -0.15) is 0 Å². The first kappa shape index (κ1) is 11.5. The normalized spacial score (nSPS) is 12.6. The zero-order valence-electron chi connectivity index (χ0n) is 7.97. The fraction of sp³-hybridized carbons (Fsp3) is 0.300. The van der Waals surface area contributed by atoms with E-state index in [9.17, 15) is 4.79 Å². The number of ketones is 1. The largest absolute Gasteiger partial charge is 0.310 e. The third kappa shape index (κ3) is 2.47. The minimum atomic E-state index is -0.216. The van der Waals surface area contributed by atoms with Crippen LogP contribution in [0, 0.1) is 0 Å². The molecule has 0 saturated heterocycles. The van der Waals surface area contributed by atoms with Crippen LogP contribution >= 0.6 is 23.2 Å². The molecule has 0 radical (unpaired) electrons. The number of carbonyl (C=O) groups excluding carboxylic acids is 1. The first-order valence-electron chi connectivity index (χ1n) is 4.22. The second kappa shape index (κ2) is 4.78. The lowest BCUT2D eigenvalue weighted by atomic mass is 10.1. The maximum Gasteiger partial charge on any atom is 0.179 e. The predicted molar refractivity (Wildman–Crippen MR) is 59.3 cm³/mol. The average Bonchev–Trinajstić information content (AvgIpc) is 2.20. The molecule has 0 heterocycles. The highest BCUT2D eigenvalue weighted by atomic mass is 35.5. The molecule has 1 rings (SSSR count). The number of hydrogen-bond donors (Lipinski definition) is 1. The monoisotopic (exact) mass is 231 g/mol. The van der Waals surface area contributed by atoms with Crippen molar-refractivity contribution in [3.63, 3.8) is 0 Å². The van der Waals surface area contributed by atoms with Gasteiger partial charge in [0, 0.05) is 5.56 Å². The summed E-state index contributed by atoms with van der Waals surface area (Å²) < 4.78 is 0. The number of nitrogens with one attached hydrogen (secondary N) is 1. The van der Waals surface area contributed by atoms with Gasteiger partial charge in [-0.05, 0) is 32.2 Å². The van der Waals surface area contributed by atoms with Crippen LogP contribution in [0.25, 0.3) is 0 Å². The van der Waals surface area contributed by atoms with E-state index in [0.717, 1.165) is 0 Å². The molecule has 2 nitrogen and oxygen atoms in total. The average molecular weight is 232 g/mol. The molecular weight excluding hydrogens is 221 g/mol. The first-order chi connectivity index (χ1) is 6.56. The summed E-state index contributed by atoms with van der Waals surface area (Å²) in [5.74, 6) is 0.00562. The molecule has 0 fully saturated rings. The number of halogens is 2. The zero-order valence-corrected chi connectivity index (χ0v) is 9.49. The Bertz CT molecular complexity index is 352. The van der Waals surface area contributed by atoms with Crippen LogP contribution < -0.4 is 5.32 Å². The van der Waals surface area contributed by atoms with E-state index >= 15 is 0 Å². The van der Waals surface area contributed by atoms with Crippen LogP contribution in [-0.2, 0) is 0 Å². The quantitative estimate of drug-likeness (QED) is 0.812. The molecule has 1 unspecified atom stereocenters. The van der Waals surface area contributed by atoms with Gasteiger partial charge >= 0.3 is 0 Å². The fourth-order valence-electron chi connectivity index (χ4n) is 1.03. The van der Waals surface area contributed by atoms with Crippen molar-refractivity contribution in [2.75, 3.05) is 7.05 Å². The van der Waals surface area contributed by atoms with Crippen LogP contribution in [0.15, 0.2) is 18.2 Å². The van der Waals surface area contributed by atoms with Crippen molar-refractivity contribution in [3.8, 4) is 0 Å². The standard InChI is InChI=1S/C10H11Cl2NO/c1-6(13-2)10(14)7-3-4-8(11)9(12)5-7/h3-6,13H,1-2H3. The molecule has 0 bridgehead atoms. The van der Waals surface area contributed by atoms with Crippen LogP contribution in [0.3, 0.4) is 0 Å². The smallest absolute Gasteiger partial charge is 0.179 e. The number of Topliss-reactive ketones (excluding diaryl/α,β-unsaturated/α-hetero) is 1. The van der Waals surface area contributed by atoms with Crippen LogP contribution in [0.5, 0.6) is 0 Å². The van der Waals surface area contributed by atoms with Gasteiger partial charge in [0.1, 0.15) is 0 Å². The van der Waals surface area contributed by atoms with Gasteiger partial charge in [-0.15, -0.1) is 0 Å². The van der Waals surface area contributed by atoms with E-state index in [0.29, 0.717) is 15.6 Å². The van der Waals surface area contributed by atoms with Crippen LogP contribution in [0.1, 0.15) is 17.3 Å². The van der Waals surface area contributed by atoms with Crippen molar-refractivity contribution < 1.29 is 4.79 Å². The van der Waals surface area contributed by atoms with E-state index in [1.165, 1.54) is 0 Å². The van der Waals surface area contributed by atoms with Gasteiger partial charge in [0.25, 0.3) is 0 Å². The molecule has 0 aliphatic heterocycles. The highest BCUT2D eigenvalue weighted by Crippen LogP contribution is 2.23. The van der Waals surface area contributed by atoms with Crippen molar-refractivity contribution in [1.29, 1.82) is 0 Å². The van der Waals surface area contributed by atoms with Gasteiger partial charge < -0.3 is 5.32 Å². The van der Waals surface area contributed by atoms with Gasteiger partial charge in [-0.25, -0.2) is 0 Å². The molecule has 0 aromatic heterocycles. The third-order valence-electron chi connectivity index (χ3n) is 2.03. The molecule has 0 aliphatic carbocycles. The summed E-state index contributed by atoms with van der Waals surface area (Å²) in [4.78, 5) is 11.7. The lowest BCUT2D eigenvalue weighted by Crippen LogP contribution is -2.30. The van der Waals surface area contributed by atoms with E-state index in [4.69, 9.17) is 23.2 Å². The Morgan fingerprint density at radius 3 is 2.50 bits per heavy atom. The Labute approximate surface area is 93.2 Å². The fourth-order valence-corrected chi connectivity index (χ4v) is 1.33. The van der Waals surface area contributed by atoms with Crippen molar-refractivity contribution in [3.05, 3.63) is 33.8 Å². The van der Waals surface area contributed by atoms with E-state index in [2.05, 4.69) is 5.32 Å². The minimum absolute atomic E-state index is 0.00562. The van der Waals surface area contributed by atoms with Gasteiger partial charge in [0.05, 0.1) is 16.1 Å². The summed E-state index contributed by atoms with van der Waals surface area (Å²) in [5, 5.41) is 3.73. The molecule has 14 heavy (non-hydrogen) atoms. The van der Waals surface area contributed by atoms with Gasteiger partial charge in [-0.1, -0.05) is 23.2 Å². The van der Waals surface area contributed by atoms with Crippen LogP contribution in [0.4, 0.5) is 0 Å². The highest BCUT2D eigenvalue weighted by molar-refractivity contribution is 6.42. The van der Waals surface area contributed by atoms with Crippen LogP contribution in [0.2, 0.25) is 10.0 Å². The Hall–Kier alpha value is -0.570. The minimum Gasteiger partial charge on any atom is -0.310 e. The van der Waals surface area contributed by atoms with Crippen LogP contribution in [-0.4, -0.2) is 18.9 Å². The van der Waals surface area contributed by atoms with Gasteiger partial charge in [0.15, 0.2) is 5.78 Å². The Balaban J connectivity index is 2.97. The molecule has 0 aliphatic rings. The lowest BCUT2D eigenvalue weighted by Gasteiger charge is -2.09. The summed E-state index contributed by atoms with van der Waals surface area (Å²) in [6, 6.07) is 4.66. The highest BCUT2D eigenvalue weighted by Gasteiger charge is 2.13. The van der Waals surface area contributed by atoms with E-state index in [-0.39, 0.29) is 11.8 Å². The van der Waals surface area contributed by atoms with Gasteiger partial charge in [0.2, 0.25) is 0 Å². The SMILES string of the molecule is CNC(C)C(=O)c1ccc(Cl)c(Cl)c1. The summed E-state index contributed by atoms with van der Waals surface area (Å²) >= 11 is 11.5. The predicted octanol–water partition coefficient (Wildman–Crippen LogP) is 2.78. The zero-order chi connectivity index (χ0) is 10.7. The summed E-state index contributed by atoms with van der Waals surface area (Å²) in [5.41, 5.74) is 0.571. The van der Waals surface area contributed by atoms with Crippen molar-refractivity contribution >= 4 is 29.0 Å². The van der Waals surface area contributed by atoms with E-state index in [1.54, 1.807) is 32.2 Å². The molecule has 0 spiro atoms. The molecule has 1 aromatic rings. The molecule has 4 heteroatoms. The molecule has 76 valence electrons. The number of likely N-dealkylation sites (N-methyl/N-ethyl adjacent to an activating group) is 1. The maximum absolute atomic E-state index is 11.7. The Morgan fingerprint density at radius 2 is 2.00 bits per heavy atom. The number of benzene rings is 1. The van der Waals surface area contributed by atoms with Crippen molar-refractivity contribution in [1.82, 2.24) is 5.32 Å². The molecule has 0 amide bonds. The summed E-state index contributed by atoms with van der Waals surface area (Å²) in [7, 11) is 1.74. The Kier molecular flexibility index (Phi) is 3.93. The maximum atomic E-state index is 11.7. The second-order valence-electron chi connectivity index (χ2n) is 3.00. The summed E-state index contributed by atoms with van der Waals surface area (Å²) in [6.45, 7) is 1.80. The third-order valence-corrected chi connectivity index (χ3v) is 2.77. The lowest BCUT2D eigenvalue weighted by molar-refractivity contribution is 0.0955. The van der Waals surface area contributed by atoms with Crippen molar-refractivity contribution in [2.24, 2.45) is 0 Å². The topological polar surface area (TPSA) is 29.1 Å². The summed E-state index contributed by atoms with van der Waals surface area (Å²) in [6.07, 6.45) is 0. The number of hydrogen-bond acceptors (Lipinski definition) is 2. The Morgan fingerprint density at radius 1 is 1.36 bits per heavy atom. The second-order valence-corrected chi connectivity index (χ2v) is 3.82. The molecule has 1 atom stereocenters. The van der Waals surface area contributed by atoms with E-state index in [1.807, 2.05) is 0 Å². The molecule has 0 saturated carbocycles. The number of rotatable bonds is 3. The van der Waals surface area contributed by atoms with Crippen molar-refractivity contribution in [2.45, 2.75) is 13.0 Å². The molecule has 1 aromatic carbocycles. The van der Waals surface area contributed by atoms with Gasteiger partial charge in [-0.3, -0.25) is 4.79 Å². The first-order valence-corrected chi connectivity index (χ1v) is 4.98. The molecular formula is C10H11Cl2NO.